The van der Waals surface area contributed by atoms with Crippen LogP contribution in [-0.2, 0) is 6.42 Å². The summed E-state index contributed by atoms with van der Waals surface area (Å²) in [7, 11) is 0. The van der Waals surface area contributed by atoms with Crippen molar-refractivity contribution in [3.63, 3.8) is 0 Å². The molecule has 0 fully saturated rings. The summed E-state index contributed by atoms with van der Waals surface area (Å²) in [6.45, 7) is 0.537. The van der Waals surface area contributed by atoms with E-state index in [1.54, 1.807) is 0 Å². The van der Waals surface area contributed by atoms with Crippen molar-refractivity contribution in [2.45, 2.75) is 12.5 Å². The molecule has 0 bridgehead atoms. The average Bonchev–Trinajstić information content (AvgIpc) is 3.10. The summed E-state index contributed by atoms with van der Waals surface area (Å²) in [6, 6.07) is 14.3. The number of aromatic amines is 1. The van der Waals surface area contributed by atoms with Crippen molar-refractivity contribution < 1.29 is 4.74 Å². The molecule has 100 valence electrons. The van der Waals surface area contributed by atoms with E-state index in [0.29, 0.717) is 6.54 Å². The van der Waals surface area contributed by atoms with Gasteiger partial charge < -0.3 is 10.5 Å². The average molecular weight is 265 g/mol. The minimum atomic E-state index is 0.0800. The normalized spacial score (nSPS) is 17.1. The molecule has 3 N–H and O–H groups in total. The SMILES string of the molecule is NCC1Cc2cccc(-c3n[nH]c4ccccc34)c2O1. The molecule has 0 spiro atoms. The van der Waals surface area contributed by atoms with E-state index in [4.69, 9.17) is 10.5 Å². The quantitative estimate of drug-likeness (QED) is 0.748. The van der Waals surface area contributed by atoms with Crippen molar-refractivity contribution in [3.05, 3.63) is 48.0 Å². The highest BCUT2D eigenvalue weighted by Gasteiger charge is 2.25. The number of aromatic nitrogens is 2. The van der Waals surface area contributed by atoms with E-state index in [2.05, 4.69) is 34.5 Å². The molecule has 2 heterocycles. The lowest BCUT2D eigenvalue weighted by molar-refractivity contribution is 0.242. The van der Waals surface area contributed by atoms with Gasteiger partial charge in [-0.3, -0.25) is 5.10 Å². The van der Waals surface area contributed by atoms with Crippen LogP contribution in [0.3, 0.4) is 0 Å². The topological polar surface area (TPSA) is 63.9 Å². The summed E-state index contributed by atoms with van der Waals surface area (Å²) in [5.41, 5.74) is 9.95. The molecule has 0 amide bonds. The van der Waals surface area contributed by atoms with Crippen LogP contribution in [0.15, 0.2) is 42.5 Å². The molecule has 1 aliphatic heterocycles. The van der Waals surface area contributed by atoms with E-state index >= 15 is 0 Å². The van der Waals surface area contributed by atoms with Crippen LogP contribution < -0.4 is 10.5 Å². The van der Waals surface area contributed by atoms with Gasteiger partial charge in [-0.1, -0.05) is 30.3 Å². The number of rotatable bonds is 2. The number of fused-ring (bicyclic) bond motifs is 2. The molecule has 1 atom stereocenters. The van der Waals surface area contributed by atoms with Gasteiger partial charge in [0.1, 0.15) is 17.5 Å². The summed E-state index contributed by atoms with van der Waals surface area (Å²) in [4.78, 5) is 0. The van der Waals surface area contributed by atoms with Crippen LogP contribution in [0.1, 0.15) is 5.56 Å². The number of nitrogens with one attached hydrogen (secondary N) is 1. The Bertz CT molecular complexity index is 778. The lowest BCUT2D eigenvalue weighted by Crippen LogP contribution is -2.24. The summed E-state index contributed by atoms with van der Waals surface area (Å²) in [5, 5.41) is 8.64. The van der Waals surface area contributed by atoms with E-state index in [0.717, 1.165) is 34.3 Å². The van der Waals surface area contributed by atoms with Gasteiger partial charge in [-0.25, -0.2) is 0 Å². The molecule has 0 radical (unpaired) electrons. The molecule has 4 heteroatoms. The van der Waals surface area contributed by atoms with E-state index in [9.17, 15) is 0 Å². The maximum absolute atomic E-state index is 5.98. The Morgan fingerprint density at radius 3 is 3.00 bits per heavy atom. The highest BCUT2D eigenvalue weighted by Crippen LogP contribution is 2.39. The third-order valence-corrected chi connectivity index (χ3v) is 3.82. The lowest BCUT2D eigenvalue weighted by Gasteiger charge is -2.09. The molecule has 0 saturated carbocycles. The summed E-state index contributed by atoms with van der Waals surface area (Å²) in [6.07, 6.45) is 0.957. The van der Waals surface area contributed by atoms with E-state index in [-0.39, 0.29) is 6.10 Å². The van der Waals surface area contributed by atoms with Crippen LogP contribution >= 0.6 is 0 Å². The van der Waals surface area contributed by atoms with Crippen LogP contribution in [0, 0.1) is 0 Å². The smallest absolute Gasteiger partial charge is 0.132 e. The standard InChI is InChI=1S/C16H15N3O/c17-9-11-8-10-4-3-6-13(16(10)20-11)15-12-5-1-2-7-14(12)18-19-15/h1-7,11H,8-9,17H2,(H,18,19). The monoisotopic (exact) mass is 265 g/mol. The van der Waals surface area contributed by atoms with Crippen molar-refractivity contribution in [1.29, 1.82) is 0 Å². The highest BCUT2D eigenvalue weighted by molar-refractivity contribution is 5.94. The number of para-hydroxylation sites is 2. The minimum absolute atomic E-state index is 0.0800. The number of H-pyrrole nitrogens is 1. The molecule has 20 heavy (non-hydrogen) atoms. The third kappa shape index (κ3) is 1.62. The third-order valence-electron chi connectivity index (χ3n) is 3.82. The van der Waals surface area contributed by atoms with Crippen LogP contribution in [0.4, 0.5) is 0 Å². The fourth-order valence-corrected chi connectivity index (χ4v) is 2.83. The number of hydrogen-bond donors (Lipinski definition) is 2. The van der Waals surface area contributed by atoms with Gasteiger partial charge in [0.05, 0.1) is 5.52 Å². The van der Waals surface area contributed by atoms with Crippen molar-refractivity contribution in [3.8, 4) is 17.0 Å². The largest absolute Gasteiger partial charge is 0.488 e. The number of hydrogen-bond acceptors (Lipinski definition) is 3. The number of nitrogens with zero attached hydrogens (tertiary/aromatic N) is 1. The first-order valence-corrected chi connectivity index (χ1v) is 6.79. The van der Waals surface area contributed by atoms with E-state index in [1.165, 1.54) is 5.56 Å². The van der Waals surface area contributed by atoms with Gasteiger partial charge in [-0.05, 0) is 17.7 Å². The van der Waals surface area contributed by atoms with E-state index in [1.807, 2.05) is 18.2 Å². The lowest BCUT2D eigenvalue weighted by atomic mass is 10.0. The van der Waals surface area contributed by atoms with Gasteiger partial charge in [-0.2, -0.15) is 5.10 Å². The van der Waals surface area contributed by atoms with Crippen molar-refractivity contribution in [1.82, 2.24) is 10.2 Å². The molecule has 4 rings (SSSR count). The Balaban J connectivity index is 1.90. The second-order valence-corrected chi connectivity index (χ2v) is 5.09. The molecular formula is C16H15N3O. The maximum Gasteiger partial charge on any atom is 0.132 e. The summed E-state index contributed by atoms with van der Waals surface area (Å²) >= 11 is 0. The first-order valence-electron chi connectivity index (χ1n) is 6.79. The van der Waals surface area contributed by atoms with Gasteiger partial charge in [0.2, 0.25) is 0 Å². The zero-order chi connectivity index (χ0) is 13.5. The van der Waals surface area contributed by atoms with Crippen molar-refractivity contribution >= 4 is 10.9 Å². The number of benzene rings is 2. The predicted octanol–water partition coefficient (Wildman–Crippen LogP) is 2.49. The maximum atomic E-state index is 5.98. The molecule has 1 unspecified atom stereocenters. The first-order chi connectivity index (χ1) is 9.86. The molecule has 0 saturated heterocycles. The first kappa shape index (κ1) is 11.5. The Kier molecular flexibility index (Phi) is 2.50. The Hall–Kier alpha value is -2.33. The summed E-state index contributed by atoms with van der Waals surface area (Å²) < 4.78 is 5.98. The molecular weight excluding hydrogens is 250 g/mol. The Labute approximate surface area is 116 Å². The molecule has 2 aromatic carbocycles. The zero-order valence-corrected chi connectivity index (χ0v) is 11.0. The van der Waals surface area contributed by atoms with Gasteiger partial charge in [0, 0.05) is 23.9 Å². The van der Waals surface area contributed by atoms with Gasteiger partial charge in [0.25, 0.3) is 0 Å². The fourth-order valence-electron chi connectivity index (χ4n) is 2.83. The molecule has 4 nitrogen and oxygen atoms in total. The minimum Gasteiger partial charge on any atom is -0.488 e. The van der Waals surface area contributed by atoms with Crippen molar-refractivity contribution in [2.75, 3.05) is 6.54 Å². The molecule has 0 aliphatic carbocycles. The van der Waals surface area contributed by atoms with Gasteiger partial charge in [0.15, 0.2) is 0 Å². The molecule has 3 aromatic rings. The van der Waals surface area contributed by atoms with Crippen LogP contribution in [-0.4, -0.2) is 22.8 Å². The predicted molar refractivity (Wildman–Crippen MR) is 78.7 cm³/mol. The van der Waals surface area contributed by atoms with E-state index < -0.39 is 0 Å². The zero-order valence-electron chi connectivity index (χ0n) is 11.0. The van der Waals surface area contributed by atoms with Gasteiger partial charge >= 0.3 is 0 Å². The van der Waals surface area contributed by atoms with Gasteiger partial charge in [-0.15, -0.1) is 0 Å². The van der Waals surface area contributed by atoms with Crippen LogP contribution in [0.25, 0.3) is 22.2 Å². The summed E-state index contributed by atoms with van der Waals surface area (Å²) in [5.74, 6) is 0.931. The molecule has 1 aromatic heterocycles. The Morgan fingerprint density at radius 2 is 2.10 bits per heavy atom. The number of ether oxygens (including phenoxy) is 1. The number of nitrogens with two attached hydrogens (primary N) is 1. The fraction of sp³-hybridized carbons (Fsp3) is 0.188. The second-order valence-electron chi connectivity index (χ2n) is 5.09. The highest BCUT2D eigenvalue weighted by atomic mass is 16.5. The molecule has 1 aliphatic rings. The Morgan fingerprint density at radius 1 is 1.20 bits per heavy atom. The van der Waals surface area contributed by atoms with Crippen LogP contribution in [0.5, 0.6) is 5.75 Å². The second kappa shape index (κ2) is 4.35. The van der Waals surface area contributed by atoms with Crippen LogP contribution in [0.2, 0.25) is 0 Å². The van der Waals surface area contributed by atoms with Crippen molar-refractivity contribution in [2.24, 2.45) is 5.73 Å².